The molecular weight excluding hydrogens is 559 g/mol. The summed E-state index contributed by atoms with van der Waals surface area (Å²) in [7, 11) is 1.65. The van der Waals surface area contributed by atoms with Crippen LogP contribution in [0.3, 0.4) is 0 Å². The molecule has 1 heterocycles. The number of aromatic nitrogens is 2. The van der Waals surface area contributed by atoms with E-state index >= 15 is 0 Å². The number of unbranched alkanes of at least 4 members (excludes halogenated alkanes) is 1. The van der Waals surface area contributed by atoms with E-state index in [1.165, 1.54) is 12.1 Å². The molecule has 5 rings (SSSR count). The van der Waals surface area contributed by atoms with E-state index in [4.69, 9.17) is 9.72 Å². The van der Waals surface area contributed by atoms with E-state index in [2.05, 4.69) is 46.7 Å². The maximum Gasteiger partial charge on any atom is 0.416 e. The highest BCUT2D eigenvalue weighted by Gasteiger charge is 2.30. The predicted molar refractivity (Wildman–Crippen MR) is 170 cm³/mol. The van der Waals surface area contributed by atoms with Gasteiger partial charge in [-0.25, -0.2) is 4.98 Å². The third-order valence-electron chi connectivity index (χ3n) is 7.79. The second kappa shape index (κ2) is 14.0. The van der Waals surface area contributed by atoms with Crippen LogP contribution in [0.2, 0.25) is 0 Å². The molecule has 0 fully saturated rings. The zero-order valence-electron chi connectivity index (χ0n) is 25.4. The number of alkyl halides is 3. The molecule has 4 nitrogen and oxygen atoms in total. The Hall–Kier alpha value is -4.36. The lowest BCUT2D eigenvalue weighted by Gasteiger charge is -2.25. The van der Waals surface area contributed by atoms with Crippen molar-refractivity contribution < 1.29 is 17.9 Å². The molecule has 0 bridgehead atoms. The summed E-state index contributed by atoms with van der Waals surface area (Å²) in [5.41, 5.74) is 6.00. The lowest BCUT2D eigenvalue weighted by molar-refractivity contribution is -0.137. The van der Waals surface area contributed by atoms with Crippen molar-refractivity contribution in [2.45, 2.75) is 59.0 Å². The summed E-state index contributed by atoms with van der Waals surface area (Å²) in [5, 5.41) is 0. The number of benzene rings is 4. The average molecular weight is 598 g/mol. The predicted octanol–water partition coefficient (Wildman–Crippen LogP) is 9.56. The number of hydrogen-bond acceptors (Lipinski definition) is 3. The Labute approximate surface area is 257 Å². The van der Waals surface area contributed by atoms with Crippen LogP contribution in [0.15, 0.2) is 103 Å². The Morgan fingerprint density at radius 2 is 1.43 bits per heavy atom. The van der Waals surface area contributed by atoms with Crippen LogP contribution < -0.4 is 4.74 Å². The molecule has 0 amide bonds. The minimum Gasteiger partial charge on any atom is -0.496 e. The van der Waals surface area contributed by atoms with Crippen molar-refractivity contribution in [3.63, 3.8) is 0 Å². The molecule has 44 heavy (non-hydrogen) atoms. The fourth-order valence-electron chi connectivity index (χ4n) is 5.62. The number of ether oxygens (including phenoxy) is 1. The van der Waals surface area contributed by atoms with E-state index in [0.29, 0.717) is 25.2 Å². The van der Waals surface area contributed by atoms with Gasteiger partial charge in [0.1, 0.15) is 11.6 Å². The van der Waals surface area contributed by atoms with Crippen LogP contribution in [-0.2, 0) is 32.4 Å². The van der Waals surface area contributed by atoms with Gasteiger partial charge in [0.25, 0.3) is 0 Å². The number of aryl methyl sites for hydroxylation is 1. The lowest BCUT2D eigenvalue weighted by atomic mass is 10.1. The van der Waals surface area contributed by atoms with E-state index in [0.717, 1.165) is 70.7 Å². The first-order valence-corrected chi connectivity index (χ1v) is 15.0. The summed E-state index contributed by atoms with van der Waals surface area (Å²) in [5.74, 6) is 1.70. The van der Waals surface area contributed by atoms with Gasteiger partial charge >= 0.3 is 6.18 Å². The number of nitrogens with zero attached hydrogens (tertiary/aromatic N) is 3. The zero-order chi connectivity index (χ0) is 31.1. The summed E-state index contributed by atoms with van der Waals surface area (Å²) in [6.45, 7) is 6.32. The molecule has 7 heteroatoms. The molecular formula is C37H38F3N3O. The number of halogens is 3. The van der Waals surface area contributed by atoms with E-state index in [1.807, 2.05) is 55.5 Å². The summed E-state index contributed by atoms with van der Waals surface area (Å²) in [6, 6.07) is 32.0. The van der Waals surface area contributed by atoms with Crippen LogP contribution in [0.5, 0.6) is 5.75 Å². The van der Waals surface area contributed by atoms with Crippen molar-refractivity contribution in [3.8, 4) is 28.4 Å². The lowest BCUT2D eigenvalue weighted by Crippen LogP contribution is -2.25. The molecule has 0 atom stereocenters. The van der Waals surface area contributed by atoms with Crippen LogP contribution in [0.4, 0.5) is 13.2 Å². The van der Waals surface area contributed by atoms with Gasteiger partial charge in [-0.3, -0.25) is 4.90 Å². The second-order valence-corrected chi connectivity index (χ2v) is 11.1. The molecule has 1 aromatic heterocycles. The molecule has 4 aromatic carbocycles. The van der Waals surface area contributed by atoms with Gasteiger partial charge in [-0.15, -0.1) is 0 Å². The Bertz CT molecular complexity index is 1660. The van der Waals surface area contributed by atoms with E-state index in [1.54, 1.807) is 13.2 Å². The number of rotatable bonds is 12. The van der Waals surface area contributed by atoms with Crippen LogP contribution in [0.1, 0.15) is 47.7 Å². The minimum absolute atomic E-state index is 0.336. The normalized spacial score (nSPS) is 11.7. The standard InChI is InChI=1S/C37H38F3N3O/c1-4-5-21-43-33(35(30-14-8-6-9-15-30)41-36(43)31-16-10-7-11-17-31)26-42(25-29-19-20-34(44-3)27(2)22-29)24-28-13-12-18-32(23-28)37(38,39)40/h6-20,22-23H,4-5,21,24-26H2,1-3H3. The Balaban J connectivity index is 1.62. The third-order valence-corrected chi connectivity index (χ3v) is 7.79. The first-order valence-electron chi connectivity index (χ1n) is 15.0. The summed E-state index contributed by atoms with van der Waals surface area (Å²) < 4.78 is 48.7. The van der Waals surface area contributed by atoms with E-state index < -0.39 is 11.7 Å². The third kappa shape index (κ3) is 7.40. The van der Waals surface area contributed by atoms with Crippen molar-refractivity contribution in [2.75, 3.05) is 7.11 Å². The molecule has 0 spiro atoms. The van der Waals surface area contributed by atoms with Gasteiger partial charge in [0, 0.05) is 37.3 Å². The van der Waals surface area contributed by atoms with Crippen LogP contribution in [-0.4, -0.2) is 21.6 Å². The van der Waals surface area contributed by atoms with Crippen LogP contribution in [0, 0.1) is 6.92 Å². The highest BCUT2D eigenvalue weighted by atomic mass is 19.4. The summed E-state index contributed by atoms with van der Waals surface area (Å²) in [4.78, 5) is 7.43. The largest absolute Gasteiger partial charge is 0.496 e. The number of imidazole rings is 1. The number of methoxy groups -OCH3 is 1. The zero-order valence-corrected chi connectivity index (χ0v) is 25.4. The monoisotopic (exact) mass is 597 g/mol. The molecule has 0 radical (unpaired) electrons. The molecule has 0 saturated heterocycles. The highest BCUT2D eigenvalue weighted by molar-refractivity contribution is 5.68. The van der Waals surface area contributed by atoms with Crippen molar-refractivity contribution in [3.05, 3.63) is 131 Å². The van der Waals surface area contributed by atoms with Crippen LogP contribution >= 0.6 is 0 Å². The molecule has 5 aromatic rings. The minimum atomic E-state index is -4.40. The van der Waals surface area contributed by atoms with E-state index in [-0.39, 0.29) is 0 Å². The second-order valence-electron chi connectivity index (χ2n) is 11.1. The van der Waals surface area contributed by atoms with Gasteiger partial charge in [0.2, 0.25) is 0 Å². The molecule has 0 unspecified atom stereocenters. The fraction of sp³-hybridized carbons (Fsp3) is 0.270. The maximum atomic E-state index is 13.7. The first kappa shape index (κ1) is 31.1. The van der Waals surface area contributed by atoms with Gasteiger partial charge in [0.05, 0.1) is 24.1 Å². The van der Waals surface area contributed by atoms with Crippen molar-refractivity contribution in [1.82, 2.24) is 14.5 Å². The quantitative estimate of drug-likeness (QED) is 0.143. The fourth-order valence-corrected chi connectivity index (χ4v) is 5.62. The van der Waals surface area contributed by atoms with Gasteiger partial charge in [-0.1, -0.05) is 104 Å². The van der Waals surface area contributed by atoms with E-state index in [9.17, 15) is 13.2 Å². The SMILES string of the molecule is CCCCn1c(-c2ccccc2)nc(-c2ccccc2)c1CN(Cc1cccc(C(F)(F)F)c1)Cc1ccc(OC)c(C)c1. The molecule has 228 valence electrons. The Morgan fingerprint density at radius 3 is 2.05 bits per heavy atom. The molecule has 0 N–H and O–H groups in total. The molecule has 0 saturated carbocycles. The molecule has 0 aliphatic carbocycles. The Kier molecular flexibility index (Phi) is 9.85. The van der Waals surface area contributed by atoms with Crippen LogP contribution in [0.25, 0.3) is 22.6 Å². The van der Waals surface area contributed by atoms with Crippen molar-refractivity contribution in [2.24, 2.45) is 0 Å². The van der Waals surface area contributed by atoms with Crippen molar-refractivity contribution >= 4 is 0 Å². The molecule has 0 aliphatic rings. The van der Waals surface area contributed by atoms with Gasteiger partial charge in [-0.2, -0.15) is 13.2 Å². The van der Waals surface area contributed by atoms with Gasteiger partial charge < -0.3 is 9.30 Å². The smallest absolute Gasteiger partial charge is 0.416 e. The maximum absolute atomic E-state index is 13.7. The summed E-state index contributed by atoms with van der Waals surface area (Å²) in [6.07, 6.45) is -2.41. The summed E-state index contributed by atoms with van der Waals surface area (Å²) >= 11 is 0. The highest BCUT2D eigenvalue weighted by Crippen LogP contribution is 2.33. The number of hydrogen-bond donors (Lipinski definition) is 0. The Morgan fingerprint density at radius 1 is 0.773 bits per heavy atom. The first-order chi connectivity index (χ1) is 21.3. The van der Waals surface area contributed by atoms with Gasteiger partial charge in [0.15, 0.2) is 0 Å². The average Bonchev–Trinajstić information content (AvgIpc) is 3.38. The molecule has 0 aliphatic heterocycles. The topological polar surface area (TPSA) is 30.3 Å². The van der Waals surface area contributed by atoms with Gasteiger partial charge in [-0.05, 0) is 42.2 Å². The van der Waals surface area contributed by atoms with Crippen molar-refractivity contribution in [1.29, 1.82) is 0 Å².